The van der Waals surface area contributed by atoms with Crippen molar-refractivity contribution in [2.24, 2.45) is 11.8 Å². The van der Waals surface area contributed by atoms with Crippen molar-refractivity contribution >= 4 is 0 Å². The Kier molecular flexibility index (Phi) is 4.80. The first-order valence-electron chi connectivity index (χ1n) is 4.38. The van der Waals surface area contributed by atoms with E-state index in [0.29, 0.717) is 0 Å². The zero-order valence-electron chi connectivity index (χ0n) is 8.95. The normalized spacial score (nSPS) is 16.0. The predicted molar refractivity (Wildman–Crippen MR) is 36.1 cm³/mol. The highest BCUT2D eigenvalue weighted by molar-refractivity contribution is 4.98. The molecule has 0 aromatic rings. The Balaban J connectivity index is 6.21. The molecule has 0 aromatic carbocycles. The summed E-state index contributed by atoms with van der Waals surface area (Å²) >= 11 is 0. The fourth-order valence-electron chi connectivity index (χ4n) is 1.41. The lowest BCUT2D eigenvalue weighted by Gasteiger charge is -2.36. The van der Waals surface area contributed by atoms with Gasteiger partial charge in [0.25, 0.3) is 5.92 Å². The van der Waals surface area contributed by atoms with Crippen LogP contribution in [-0.4, -0.2) is 30.6 Å². The molecule has 0 aromatic heterocycles. The third kappa shape index (κ3) is 4.49. The number of hydrogen-bond acceptors (Lipinski definition) is 0. The van der Waals surface area contributed by atoms with Crippen molar-refractivity contribution in [3.63, 3.8) is 0 Å². The highest BCUT2D eigenvalue weighted by Crippen LogP contribution is 2.57. The Morgan fingerprint density at radius 2 is 0.476 bits per heavy atom. The molecular formula is C7H2F14. The fourth-order valence-corrected chi connectivity index (χ4v) is 1.41. The average Bonchev–Trinajstić information content (AvgIpc) is 1.84. The maximum Gasteiger partial charge on any atom is 0.406 e. The second-order valence-corrected chi connectivity index (χ2v) is 3.71. The minimum Gasteiger partial charge on any atom is -0.205 e. The van der Waals surface area contributed by atoms with Gasteiger partial charge in [-0.05, 0) is 0 Å². The molecule has 0 saturated carbocycles. The van der Waals surface area contributed by atoms with Gasteiger partial charge in [0.15, 0.2) is 0 Å². The molecule has 0 amide bonds. The number of halogens is 14. The first kappa shape index (κ1) is 20.0. The van der Waals surface area contributed by atoms with Gasteiger partial charge in [0.05, 0.1) is 0 Å². The van der Waals surface area contributed by atoms with E-state index in [1.54, 1.807) is 0 Å². The van der Waals surface area contributed by atoms with Gasteiger partial charge in [0, 0.05) is 0 Å². The van der Waals surface area contributed by atoms with Crippen LogP contribution in [0, 0.1) is 11.8 Å². The Morgan fingerprint density at radius 1 is 0.333 bits per heavy atom. The largest absolute Gasteiger partial charge is 0.406 e. The monoisotopic (exact) mass is 352 g/mol. The first-order chi connectivity index (χ1) is 8.73. The lowest BCUT2D eigenvalue weighted by atomic mass is 9.87. The van der Waals surface area contributed by atoms with Gasteiger partial charge in [-0.25, -0.2) is 8.78 Å². The fraction of sp³-hybridized carbons (Fsp3) is 1.00. The Morgan fingerprint density at radius 3 is 0.571 bits per heavy atom. The second-order valence-electron chi connectivity index (χ2n) is 3.71. The SMILES string of the molecule is FC(F)(F)C(C(F)(F)F)C(F)(F)C(C(F)(F)F)C(F)(F)F. The van der Waals surface area contributed by atoms with E-state index in [1.165, 1.54) is 0 Å². The first-order valence-corrected chi connectivity index (χ1v) is 4.38. The van der Waals surface area contributed by atoms with E-state index in [0.717, 1.165) is 0 Å². The molecule has 0 N–H and O–H groups in total. The smallest absolute Gasteiger partial charge is 0.205 e. The van der Waals surface area contributed by atoms with Crippen LogP contribution in [0.15, 0.2) is 0 Å². The molecule has 0 saturated heterocycles. The van der Waals surface area contributed by atoms with Crippen LogP contribution in [0.5, 0.6) is 0 Å². The standard InChI is InChI=1S/C7H2F14/c8-3(9,1(4(10,11)12)5(13,14)15)2(6(16,17)18)7(19,20)21/h1-2H. The second kappa shape index (κ2) is 5.04. The number of rotatable bonds is 2. The van der Waals surface area contributed by atoms with Crippen LogP contribution in [0.25, 0.3) is 0 Å². The van der Waals surface area contributed by atoms with Crippen LogP contribution in [0.2, 0.25) is 0 Å². The quantitative estimate of drug-likeness (QED) is 0.607. The molecule has 0 rings (SSSR count). The summed E-state index contributed by atoms with van der Waals surface area (Å²) in [5.41, 5.74) is 0. The molecule has 0 aliphatic heterocycles. The molecule has 128 valence electrons. The van der Waals surface area contributed by atoms with E-state index in [-0.39, 0.29) is 0 Å². The highest BCUT2D eigenvalue weighted by atomic mass is 19.4. The van der Waals surface area contributed by atoms with E-state index < -0.39 is 42.5 Å². The van der Waals surface area contributed by atoms with Gasteiger partial charge in [0.2, 0.25) is 11.8 Å². The van der Waals surface area contributed by atoms with E-state index in [9.17, 15) is 61.5 Å². The summed E-state index contributed by atoms with van der Waals surface area (Å²) in [5, 5.41) is 0. The summed E-state index contributed by atoms with van der Waals surface area (Å²) in [6.07, 6.45) is -28.3. The van der Waals surface area contributed by atoms with Crippen LogP contribution in [-0.2, 0) is 0 Å². The van der Waals surface area contributed by atoms with Crippen LogP contribution >= 0.6 is 0 Å². The molecule has 0 spiro atoms. The molecule has 0 nitrogen and oxygen atoms in total. The zero-order chi connectivity index (χ0) is 17.7. The maximum absolute atomic E-state index is 12.9. The van der Waals surface area contributed by atoms with Crippen LogP contribution in [0.3, 0.4) is 0 Å². The van der Waals surface area contributed by atoms with Crippen LogP contribution in [0.4, 0.5) is 61.5 Å². The van der Waals surface area contributed by atoms with E-state index in [2.05, 4.69) is 0 Å². The maximum atomic E-state index is 12.9. The molecule has 0 aliphatic carbocycles. The summed E-state index contributed by atoms with van der Waals surface area (Å²) in [6, 6.07) is 0. The Hall–Kier alpha value is -0.980. The number of alkyl halides is 14. The van der Waals surface area contributed by atoms with Crippen molar-refractivity contribution in [1.82, 2.24) is 0 Å². The van der Waals surface area contributed by atoms with Crippen LogP contribution in [0.1, 0.15) is 0 Å². The Bertz CT molecular complexity index is 287. The van der Waals surface area contributed by atoms with Crippen molar-refractivity contribution in [3.8, 4) is 0 Å². The highest BCUT2D eigenvalue weighted by Gasteiger charge is 2.79. The van der Waals surface area contributed by atoms with Gasteiger partial charge in [-0.3, -0.25) is 0 Å². The molecule has 21 heavy (non-hydrogen) atoms. The molecular weight excluding hydrogens is 350 g/mol. The Labute approximate surface area is 105 Å². The van der Waals surface area contributed by atoms with Crippen molar-refractivity contribution in [2.75, 3.05) is 0 Å². The average molecular weight is 352 g/mol. The molecule has 0 aliphatic rings. The molecule has 0 radical (unpaired) electrons. The summed E-state index contributed by atoms with van der Waals surface area (Å²) < 4.78 is 169. The van der Waals surface area contributed by atoms with Gasteiger partial charge < -0.3 is 0 Å². The van der Waals surface area contributed by atoms with E-state index >= 15 is 0 Å². The summed E-state index contributed by atoms with van der Waals surface area (Å²) in [6.45, 7) is 0. The minimum atomic E-state index is -7.23. The van der Waals surface area contributed by atoms with Gasteiger partial charge in [0.1, 0.15) is 0 Å². The molecule has 14 heteroatoms. The summed E-state index contributed by atoms with van der Waals surface area (Å²) in [7, 11) is 0. The molecule has 0 atom stereocenters. The topological polar surface area (TPSA) is 0 Å². The van der Waals surface area contributed by atoms with Gasteiger partial charge in [-0.2, -0.15) is 52.7 Å². The molecule has 0 unspecified atom stereocenters. The van der Waals surface area contributed by atoms with Gasteiger partial charge >= 0.3 is 24.7 Å². The minimum absolute atomic E-state index is 6.12. The van der Waals surface area contributed by atoms with Gasteiger partial charge in [-0.1, -0.05) is 0 Å². The zero-order valence-corrected chi connectivity index (χ0v) is 8.95. The predicted octanol–water partition coefficient (Wildman–Crippen LogP) is 5.10. The summed E-state index contributed by atoms with van der Waals surface area (Å²) in [5.74, 6) is -19.5. The summed E-state index contributed by atoms with van der Waals surface area (Å²) in [4.78, 5) is 0. The van der Waals surface area contributed by atoms with Crippen molar-refractivity contribution < 1.29 is 61.5 Å². The molecule has 0 bridgehead atoms. The van der Waals surface area contributed by atoms with Crippen molar-refractivity contribution in [1.29, 1.82) is 0 Å². The molecule has 0 fully saturated rings. The van der Waals surface area contributed by atoms with Crippen molar-refractivity contribution in [2.45, 2.75) is 30.6 Å². The van der Waals surface area contributed by atoms with Crippen molar-refractivity contribution in [3.05, 3.63) is 0 Å². The third-order valence-corrected chi connectivity index (χ3v) is 2.08. The molecule has 0 heterocycles. The van der Waals surface area contributed by atoms with E-state index in [1.807, 2.05) is 0 Å². The lowest BCUT2D eigenvalue weighted by molar-refractivity contribution is -0.400. The van der Waals surface area contributed by atoms with Gasteiger partial charge in [-0.15, -0.1) is 0 Å². The van der Waals surface area contributed by atoms with E-state index in [4.69, 9.17) is 0 Å². The number of hydrogen-bond donors (Lipinski definition) is 0. The third-order valence-electron chi connectivity index (χ3n) is 2.08. The van der Waals surface area contributed by atoms with Crippen LogP contribution < -0.4 is 0 Å². The lowest BCUT2D eigenvalue weighted by Crippen LogP contribution is -2.59.